The summed E-state index contributed by atoms with van der Waals surface area (Å²) >= 11 is 0. The van der Waals surface area contributed by atoms with E-state index >= 15 is 0 Å². The highest BCUT2D eigenvalue weighted by Gasteiger charge is 2.19. The molecule has 1 fully saturated rings. The fourth-order valence-corrected chi connectivity index (χ4v) is 1.05. The summed E-state index contributed by atoms with van der Waals surface area (Å²) in [5.74, 6) is -0.925. The molecule has 1 aliphatic heterocycles. The van der Waals surface area contributed by atoms with E-state index < -0.39 is 5.97 Å². The minimum atomic E-state index is -0.925. The third-order valence-corrected chi connectivity index (χ3v) is 1.74. The second-order valence-corrected chi connectivity index (χ2v) is 2.54. The van der Waals surface area contributed by atoms with Crippen LogP contribution in [0.3, 0.4) is 0 Å². The normalized spacial score (nSPS) is 24.5. The summed E-state index contributed by atoms with van der Waals surface area (Å²) in [6.45, 7) is 5.83. The van der Waals surface area contributed by atoms with Gasteiger partial charge in [-0.05, 0) is 0 Å². The van der Waals surface area contributed by atoms with Gasteiger partial charge in [-0.2, -0.15) is 0 Å². The second kappa shape index (κ2) is 3.50. The SMILES string of the molecule is C=C(C(=O)O)[C@@H]1CNCCN1. The van der Waals surface area contributed by atoms with Crippen LogP contribution in [0.4, 0.5) is 0 Å². The maximum atomic E-state index is 10.4. The van der Waals surface area contributed by atoms with Crippen molar-refractivity contribution in [1.29, 1.82) is 0 Å². The molecule has 1 saturated heterocycles. The van der Waals surface area contributed by atoms with Crippen molar-refractivity contribution in [3.05, 3.63) is 12.2 Å². The molecule has 4 heteroatoms. The number of rotatable bonds is 2. The zero-order valence-corrected chi connectivity index (χ0v) is 6.26. The Morgan fingerprint density at radius 3 is 2.73 bits per heavy atom. The zero-order valence-electron chi connectivity index (χ0n) is 6.26. The molecular weight excluding hydrogens is 144 g/mol. The highest BCUT2D eigenvalue weighted by molar-refractivity contribution is 5.87. The van der Waals surface area contributed by atoms with Crippen molar-refractivity contribution in [2.24, 2.45) is 0 Å². The average molecular weight is 156 g/mol. The van der Waals surface area contributed by atoms with Gasteiger partial charge < -0.3 is 15.7 Å². The van der Waals surface area contributed by atoms with Gasteiger partial charge in [0.05, 0.1) is 6.04 Å². The number of piperazine rings is 1. The molecule has 0 spiro atoms. The zero-order chi connectivity index (χ0) is 8.27. The van der Waals surface area contributed by atoms with Gasteiger partial charge >= 0.3 is 5.97 Å². The van der Waals surface area contributed by atoms with Crippen molar-refractivity contribution in [3.63, 3.8) is 0 Å². The van der Waals surface area contributed by atoms with Crippen LogP contribution < -0.4 is 10.6 Å². The first kappa shape index (κ1) is 8.23. The molecule has 0 saturated carbocycles. The molecule has 0 aliphatic carbocycles. The average Bonchev–Trinajstić information content (AvgIpc) is 2.05. The highest BCUT2D eigenvalue weighted by atomic mass is 16.4. The molecule has 1 atom stereocenters. The van der Waals surface area contributed by atoms with Crippen LogP contribution in [0.15, 0.2) is 12.2 Å². The largest absolute Gasteiger partial charge is 0.478 e. The molecule has 1 aliphatic rings. The summed E-state index contributed by atoms with van der Waals surface area (Å²) in [5.41, 5.74) is 0.234. The molecule has 0 radical (unpaired) electrons. The van der Waals surface area contributed by atoms with E-state index in [-0.39, 0.29) is 11.6 Å². The van der Waals surface area contributed by atoms with Gasteiger partial charge in [0.2, 0.25) is 0 Å². The third-order valence-electron chi connectivity index (χ3n) is 1.74. The Morgan fingerprint density at radius 2 is 2.27 bits per heavy atom. The van der Waals surface area contributed by atoms with E-state index in [4.69, 9.17) is 5.11 Å². The first-order valence-corrected chi connectivity index (χ1v) is 3.58. The van der Waals surface area contributed by atoms with Gasteiger partial charge in [-0.1, -0.05) is 6.58 Å². The Bertz CT molecular complexity index is 173. The Hall–Kier alpha value is -0.870. The second-order valence-electron chi connectivity index (χ2n) is 2.54. The summed E-state index contributed by atoms with van der Waals surface area (Å²) < 4.78 is 0. The molecule has 1 heterocycles. The lowest BCUT2D eigenvalue weighted by molar-refractivity contribution is -0.133. The lowest BCUT2D eigenvalue weighted by Gasteiger charge is -2.24. The molecule has 11 heavy (non-hydrogen) atoms. The number of nitrogens with one attached hydrogen (secondary N) is 2. The number of carbonyl (C=O) groups is 1. The van der Waals surface area contributed by atoms with E-state index in [1.54, 1.807) is 0 Å². The van der Waals surface area contributed by atoms with Crippen LogP contribution in [-0.2, 0) is 4.79 Å². The number of hydrogen-bond acceptors (Lipinski definition) is 3. The molecule has 0 aromatic heterocycles. The van der Waals surface area contributed by atoms with Crippen molar-refractivity contribution >= 4 is 5.97 Å². The van der Waals surface area contributed by atoms with Crippen molar-refractivity contribution in [3.8, 4) is 0 Å². The molecule has 0 amide bonds. The van der Waals surface area contributed by atoms with Crippen molar-refractivity contribution in [1.82, 2.24) is 10.6 Å². The standard InChI is InChI=1S/C7H12N2O2/c1-5(7(10)11)6-4-8-2-3-9-6/h6,8-9H,1-4H2,(H,10,11)/t6-/m0/s1. The number of carboxylic acid groups (broad SMARTS) is 1. The van der Waals surface area contributed by atoms with Crippen molar-refractivity contribution in [2.45, 2.75) is 6.04 Å². The smallest absolute Gasteiger partial charge is 0.332 e. The van der Waals surface area contributed by atoms with E-state index in [0.29, 0.717) is 6.54 Å². The highest BCUT2D eigenvalue weighted by Crippen LogP contribution is 2.00. The topological polar surface area (TPSA) is 61.4 Å². The number of hydrogen-bond donors (Lipinski definition) is 3. The quantitative estimate of drug-likeness (QED) is 0.457. The van der Waals surface area contributed by atoms with Crippen LogP contribution in [0.2, 0.25) is 0 Å². The van der Waals surface area contributed by atoms with Crippen LogP contribution in [0.25, 0.3) is 0 Å². The van der Waals surface area contributed by atoms with Gasteiger partial charge in [0.25, 0.3) is 0 Å². The van der Waals surface area contributed by atoms with Gasteiger partial charge in [-0.3, -0.25) is 0 Å². The van der Waals surface area contributed by atoms with Crippen LogP contribution in [-0.4, -0.2) is 36.8 Å². The molecule has 0 aromatic rings. The molecule has 62 valence electrons. The van der Waals surface area contributed by atoms with E-state index in [0.717, 1.165) is 13.1 Å². The molecule has 3 N–H and O–H groups in total. The summed E-state index contributed by atoms with van der Waals surface area (Å²) in [5, 5.41) is 14.7. The first-order chi connectivity index (χ1) is 5.22. The monoisotopic (exact) mass is 156 g/mol. The third kappa shape index (κ3) is 2.03. The van der Waals surface area contributed by atoms with Gasteiger partial charge in [0.1, 0.15) is 0 Å². The molecular formula is C7H12N2O2. The Labute approximate surface area is 65.3 Å². The lowest BCUT2D eigenvalue weighted by atomic mass is 10.1. The van der Waals surface area contributed by atoms with E-state index in [1.165, 1.54) is 0 Å². The number of aliphatic carboxylic acids is 1. The van der Waals surface area contributed by atoms with Gasteiger partial charge in [0, 0.05) is 25.2 Å². The molecule has 4 nitrogen and oxygen atoms in total. The van der Waals surface area contributed by atoms with Gasteiger partial charge in [0.15, 0.2) is 0 Å². The van der Waals surface area contributed by atoms with Gasteiger partial charge in [-0.15, -0.1) is 0 Å². The van der Waals surface area contributed by atoms with Gasteiger partial charge in [-0.25, -0.2) is 4.79 Å². The van der Waals surface area contributed by atoms with E-state index in [9.17, 15) is 4.79 Å². The van der Waals surface area contributed by atoms with Crippen LogP contribution in [0.5, 0.6) is 0 Å². The van der Waals surface area contributed by atoms with Crippen LogP contribution in [0.1, 0.15) is 0 Å². The van der Waals surface area contributed by atoms with Crippen LogP contribution >= 0.6 is 0 Å². The fraction of sp³-hybridized carbons (Fsp3) is 0.571. The maximum Gasteiger partial charge on any atom is 0.332 e. The summed E-state index contributed by atoms with van der Waals surface area (Å²) in [6, 6.07) is -0.110. The minimum absolute atomic E-state index is 0.110. The predicted molar refractivity (Wildman–Crippen MR) is 41.4 cm³/mol. The Balaban J connectivity index is 2.45. The minimum Gasteiger partial charge on any atom is -0.478 e. The number of carboxylic acids is 1. The Kier molecular flexibility index (Phi) is 2.62. The summed E-state index contributed by atoms with van der Waals surface area (Å²) in [4.78, 5) is 10.4. The van der Waals surface area contributed by atoms with Crippen LogP contribution in [0, 0.1) is 0 Å². The molecule has 1 rings (SSSR count). The predicted octanol–water partition coefficient (Wildman–Crippen LogP) is -0.811. The maximum absolute atomic E-state index is 10.4. The van der Waals surface area contributed by atoms with E-state index in [1.807, 2.05) is 0 Å². The van der Waals surface area contributed by atoms with Crippen molar-refractivity contribution in [2.75, 3.05) is 19.6 Å². The first-order valence-electron chi connectivity index (χ1n) is 3.58. The molecule has 0 bridgehead atoms. The summed E-state index contributed by atoms with van der Waals surface area (Å²) in [6.07, 6.45) is 0. The van der Waals surface area contributed by atoms with E-state index in [2.05, 4.69) is 17.2 Å². The summed E-state index contributed by atoms with van der Waals surface area (Å²) in [7, 11) is 0. The molecule has 0 aromatic carbocycles. The van der Waals surface area contributed by atoms with Crippen molar-refractivity contribution < 1.29 is 9.90 Å². The fourth-order valence-electron chi connectivity index (χ4n) is 1.05. The lowest BCUT2D eigenvalue weighted by Crippen LogP contribution is -2.50. The Morgan fingerprint density at radius 1 is 1.55 bits per heavy atom. The molecule has 0 unspecified atom stereocenters.